The zero-order chi connectivity index (χ0) is 26.8. The van der Waals surface area contributed by atoms with E-state index in [1.807, 2.05) is 80.6 Å². The lowest BCUT2D eigenvalue weighted by molar-refractivity contribution is -0.139. The van der Waals surface area contributed by atoms with Gasteiger partial charge in [0, 0.05) is 25.6 Å². The molecule has 0 radical (unpaired) electrons. The van der Waals surface area contributed by atoms with Gasteiger partial charge in [0.15, 0.2) is 0 Å². The predicted molar refractivity (Wildman–Crippen MR) is 141 cm³/mol. The first kappa shape index (κ1) is 27.5. The molecule has 1 heterocycles. The van der Waals surface area contributed by atoms with Gasteiger partial charge in [0.1, 0.15) is 6.04 Å². The van der Waals surface area contributed by atoms with E-state index >= 15 is 0 Å². The standard InChI is InChI=1S/C29H34N4O4/c1-20(2)17-24(18-26(34)32-37)28(35)31-27(29(36)33(3)19-25-11-7-8-16-30-25)23-14-12-22(13-15-23)21-9-5-4-6-10-21/h4-16,20,24,27,37H,17-19H2,1-3H3,(H,31,35)(H,32,34)/t24-,27+/m1/s1. The third kappa shape index (κ3) is 7.98. The summed E-state index contributed by atoms with van der Waals surface area (Å²) in [5.74, 6) is -1.95. The maximum atomic E-state index is 13.6. The number of benzene rings is 2. The summed E-state index contributed by atoms with van der Waals surface area (Å²) in [6.07, 6.45) is 1.91. The fourth-order valence-corrected chi connectivity index (χ4v) is 4.20. The summed E-state index contributed by atoms with van der Waals surface area (Å²) in [6, 6.07) is 21.9. The Kier molecular flexibility index (Phi) is 9.92. The van der Waals surface area contributed by atoms with Gasteiger partial charge in [0.2, 0.25) is 17.7 Å². The average molecular weight is 503 g/mol. The van der Waals surface area contributed by atoms with E-state index in [2.05, 4.69) is 10.3 Å². The molecular formula is C29H34N4O4. The van der Waals surface area contributed by atoms with Crippen molar-refractivity contribution in [2.24, 2.45) is 11.8 Å². The highest BCUT2D eigenvalue weighted by atomic mass is 16.5. The van der Waals surface area contributed by atoms with E-state index in [1.165, 1.54) is 4.90 Å². The Morgan fingerprint density at radius 2 is 1.57 bits per heavy atom. The SMILES string of the molecule is CC(C)C[C@H](CC(=O)NO)C(=O)N[C@H](C(=O)N(C)Cc1ccccn1)c1ccc(-c2ccccc2)cc1. The third-order valence-corrected chi connectivity index (χ3v) is 6.07. The minimum atomic E-state index is -0.960. The van der Waals surface area contributed by atoms with Crippen LogP contribution in [0.2, 0.25) is 0 Å². The van der Waals surface area contributed by atoms with Crippen molar-refractivity contribution < 1.29 is 19.6 Å². The highest BCUT2D eigenvalue weighted by molar-refractivity contribution is 5.91. The Hall–Kier alpha value is -4.04. The zero-order valence-electron chi connectivity index (χ0n) is 21.4. The summed E-state index contributed by atoms with van der Waals surface area (Å²) < 4.78 is 0. The average Bonchev–Trinajstić information content (AvgIpc) is 2.91. The van der Waals surface area contributed by atoms with Crippen molar-refractivity contribution in [2.75, 3.05) is 7.05 Å². The Labute approximate surface area is 217 Å². The van der Waals surface area contributed by atoms with E-state index in [0.717, 1.165) is 16.8 Å². The first-order chi connectivity index (χ1) is 17.8. The molecule has 2 atom stereocenters. The highest BCUT2D eigenvalue weighted by Crippen LogP contribution is 2.25. The van der Waals surface area contributed by atoms with Gasteiger partial charge in [0.05, 0.1) is 12.2 Å². The zero-order valence-corrected chi connectivity index (χ0v) is 21.4. The largest absolute Gasteiger partial charge is 0.340 e. The van der Waals surface area contributed by atoms with Gasteiger partial charge in [-0.1, -0.05) is 74.5 Å². The van der Waals surface area contributed by atoms with Gasteiger partial charge in [-0.05, 0) is 41.2 Å². The molecule has 2 aromatic carbocycles. The monoisotopic (exact) mass is 502 g/mol. The van der Waals surface area contributed by atoms with Gasteiger partial charge in [-0.3, -0.25) is 24.6 Å². The van der Waals surface area contributed by atoms with E-state index in [0.29, 0.717) is 12.0 Å². The first-order valence-corrected chi connectivity index (χ1v) is 12.3. The molecule has 37 heavy (non-hydrogen) atoms. The number of aromatic nitrogens is 1. The molecule has 3 aromatic rings. The van der Waals surface area contributed by atoms with Gasteiger partial charge in [-0.15, -0.1) is 0 Å². The fourth-order valence-electron chi connectivity index (χ4n) is 4.20. The van der Waals surface area contributed by atoms with Crippen LogP contribution in [0.25, 0.3) is 11.1 Å². The van der Waals surface area contributed by atoms with Crippen LogP contribution in [0.3, 0.4) is 0 Å². The van der Waals surface area contributed by atoms with Crippen LogP contribution in [-0.4, -0.2) is 39.9 Å². The predicted octanol–water partition coefficient (Wildman–Crippen LogP) is 4.12. The van der Waals surface area contributed by atoms with Crippen LogP contribution >= 0.6 is 0 Å². The molecular weight excluding hydrogens is 468 g/mol. The molecule has 194 valence electrons. The van der Waals surface area contributed by atoms with Crippen LogP contribution in [-0.2, 0) is 20.9 Å². The fraction of sp³-hybridized carbons (Fsp3) is 0.310. The Morgan fingerprint density at radius 3 is 2.16 bits per heavy atom. The number of hydrogen-bond donors (Lipinski definition) is 3. The molecule has 1 aromatic heterocycles. The highest BCUT2D eigenvalue weighted by Gasteiger charge is 2.30. The smallest absolute Gasteiger partial charge is 0.249 e. The molecule has 8 nitrogen and oxygen atoms in total. The molecule has 8 heteroatoms. The van der Waals surface area contributed by atoms with Crippen LogP contribution in [0.15, 0.2) is 79.0 Å². The van der Waals surface area contributed by atoms with Gasteiger partial charge in [-0.2, -0.15) is 0 Å². The first-order valence-electron chi connectivity index (χ1n) is 12.3. The van der Waals surface area contributed by atoms with Crippen molar-refractivity contribution in [2.45, 2.75) is 39.3 Å². The number of carbonyl (C=O) groups is 3. The molecule has 0 saturated carbocycles. The molecule has 0 aliphatic carbocycles. The molecule has 0 spiro atoms. The van der Waals surface area contributed by atoms with Crippen molar-refractivity contribution in [3.63, 3.8) is 0 Å². The second-order valence-corrected chi connectivity index (χ2v) is 9.51. The van der Waals surface area contributed by atoms with Crippen LogP contribution in [0.4, 0.5) is 0 Å². The normalized spacial score (nSPS) is 12.5. The molecule has 3 rings (SSSR count). The lowest BCUT2D eigenvalue weighted by atomic mass is 9.92. The summed E-state index contributed by atoms with van der Waals surface area (Å²) in [4.78, 5) is 44.6. The third-order valence-electron chi connectivity index (χ3n) is 6.07. The van der Waals surface area contributed by atoms with E-state index in [-0.39, 0.29) is 24.8 Å². The minimum Gasteiger partial charge on any atom is -0.340 e. The number of nitrogens with zero attached hydrogens (tertiary/aromatic N) is 2. The number of rotatable bonds is 11. The summed E-state index contributed by atoms with van der Waals surface area (Å²) in [5, 5.41) is 11.9. The summed E-state index contributed by atoms with van der Waals surface area (Å²) in [6.45, 7) is 4.17. The van der Waals surface area contributed by atoms with Crippen LogP contribution < -0.4 is 10.8 Å². The second-order valence-electron chi connectivity index (χ2n) is 9.51. The lowest BCUT2D eigenvalue weighted by Crippen LogP contribution is -2.44. The van der Waals surface area contributed by atoms with Crippen molar-refractivity contribution in [1.82, 2.24) is 20.7 Å². The Morgan fingerprint density at radius 1 is 0.919 bits per heavy atom. The van der Waals surface area contributed by atoms with Crippen molar-refractivity contribution in [3.8, 4) is 11.1 Å². The van der Waals surface area contributed by atoms with Crippen LogP contribution in [0.1, 0.15) is 44.0 Å². The van der Waals surface area contributed by atoms with E-state index in [4.69, 9.17) is 5.21 Å². The second kappa shape index (κ2) is 13.3. The molecule has 0 unspecified atom stereocenters. The number of carbonyl (C=O) groups excluding carboxylic acids is 3. The van der Waals surface area contributed by atoms with Crippen LogP contribution in [0.5, 0.6) is 0 Å². The van der Waals surface area contributed by atoms with E-state index < -0.39 is 23.8 Å². The number of likely N-dealkylation sites (N-methyl/N-ethyl adjacent to an activating group) is 1. The maximum absolute atomic E-state index is 13.6. The van der Waals surface area contributed by atoms with Crippen molar-refractivity contribution >= 4 is 17.7 Å². The molecule has 3 N–H and O–H groups in total. The van der Waals surface area contributed by atoms with Crippen molar-refractivity contribution in [3.05, 3.63) is 90.3 Å². The lowest BCUT2D eigenvalue weighted by Gasteiger charge is -2.27. The van der Waals surface area contributed by atoms with Gasteiger partial charge in [-0.25, -0.2) is 5.48 Å². The quantitative estimate of drug-likeness (QED) is 0.270. The number of hydroxylamine groups is 1. The van der Waals surface area contributed by atoms with Crippen molar-refractivity contribution in [1.29, 1.82) is 0 Å². The number of pyridine rings is 1. The number of hydrogen-bond acceptors (Lipinski definition) is 5. The summed E-state index contributed by atoms with van der Waals surface area (Å²) >= 11 is 0. The van der Waals surface area contributed by atoms with Gasteiger partial charge in [0.25, 0.3) is 0 Å². The Balaban J connectivity index is 1.88. The van der Waals surface area contributed by atoms with Crippen LogP contribution in [0, 0.1) is 11.8 Å². The molecule has 0 bridgehead atoms. The Bertz CT molecular complexity index is 1170. The summed E-state index contributed by atoms with van der Waals surface area (Å²) in [7, 11) is 1.67. The number of amides is 3. The van der Waals surface area contributed by atoms with E-state index in [9.17, 15) is 14.4 Å². The molecule has 0 aliphatic rings. The summed E-state index contributed by atoms with van der Waals surface area (Å²) in [5.41, 5.74) is 4.97. The van der Waals surface area contributed by atoms with E-state index in [1.54, 1.807) is 24.8 Å². The topological polar surface area (TPSA) is 112 Å². The minimum absolute atomic E-state index is 0.133. The molecule has 0 fully saturated rings. The van der Waals surface area contributed by atoms with Gasteiger partial charge >= 0.3 is 0 Å². The maximum Gasteiger partial charge on any atom is 0.249 e. The number of nitrogens with one attached hydrogen (secondary N) is 2. The molecule has 3 amide bonds. The molecule has 0 saturated heterocycles. The van der Waals surface area contributed by atoms with Gasteiger partial charge < -0.3 is 10.2 Å². The molecule has 0 aliphatic heterocycles.